The van der Waals surface area contributed by atoms with Gasteiger partial charge in [-0.25, -0.2) is 14.6 Å². The second-order valence-electron chi connectivity index (χ2n) is 13.3. The second kappa shape index (κ2) is 12.2. The van der Waals surface area contributed by atoms with Crippen molar-refractivity contribution in [2.45, 2.75) is 89.8 Å². The molecule has 3 atom stereocenters. The average Bonchev–Trinajstić information content (AvgIpc) is 3.66. The highest BCUT2D eigenvalue weighted by Gasteiger charge is 2.45. The molecule has 0 unspecified atom stereocenters. The van der Waals surface area contributed by atoms with Gasteiger partial charge in [-0.3, -0.25) is 9.20 Å². The highest BCUT2D eigenvalue weighted by atomic mass is 16.5. The Labute approximate surface area is 256 Å². The number of nitrogens with zero attached hydrogens (tertiary/aromatic N) is 3. The van der Waals surface area contributed by atoms with Gasteiger partial charge in [-0.15, -0.1) is 0 Å². The maximum atomic E-state index is 14.1. The summed E-state index contributed by atoms with van der Waals surface area (Å²) in [6.45, 7) is 4.40. The largest absolute Gasteiger partial charge is 0.496 e. The fourth-order valence-electron chi connectivity index (χ4n) is 7.14. The molecule has 2 aromatic heterocycles. The molecule has 236 valence electrons. The van der Waals surface area contributed by atoms with Crippen LogP contribution in [0.5, 0.6) is 11.5 Å². The number of aliphatic carboxylic acids is 1. The van der Waals surface area contributed by atoms with Crippen LogP contribution in [0.3, 0.4) is 0 Å². The molecular formula is C33H42N4O7. The van der Waals surface area contributed by atoms with Crippen LogP contribution in [0.25, 0.3) is 16.6 Å². The van der Waals surface area contributed by atoms with Crippen molar-refractivity contribution in [1.29, 1.82) is 0 Å². The minimum Gasteiger partial charge on any atom is -0.496 e. The van der Waals surface area contributed by atoms with E-state index in [1.807, 2.05) is 22.7 Å². The van der Waals surface area contributed by atoms with Gasteiger partial charge in [-0.2, -0.15) is 0 Å². The number of carboxylic acid groups (broad SMARTS) is 1. The van der Waals surface area contributed by atoms with Gasteiger partial charge >= 0.3 is 12.1 Å². The van der Waals surface area contributed by atoms with E-state index in [4.69, 9.17) is 14.2 Å². The number of methoxy groups -OCH3 is 1. The van der Waals surface area contributed by atoms with Crippen LogP contribution in [0.4, 0.5) is 4.79 Å². The fraction of sp³-hybridized carbons (Fsp3) is 0.576. The Morgan fingerprint density at radius 2 is 1.93 bits per heavy atom. The number of carbonyl (C=O) groups is 3. The smallest absolute Gasteiger partial charge is 0.407 e. The molecule has 4 bridgehead atoms. The average molecular weight is 607 g/mol. The Bertz CT molecular complexity index is 1560. The molecule has 11 nitrogen and oxygen atoms in total. The number of nitrogens with one attached hydrogen (secondary N) is 1. The van der Waals surface area contributed by atoms with Gasteiger partial charge < -0.3 is 29.5 Å². The van der Waals surface area contributed by atoms with Gasteiger partial charge in [0.15, 0.2) is 0 Å². The first-order valence-corrected chi connectivity index (χ1v) is 15.7. The quantitative estimate of drug-likeness (QED) is 0.428. The molecule has 44 heavy (non-hydrogen) atoms. The zero-order chi connectivity index (χ0) is 31.0. The number of rotatable bonds is 3. The van der Waals surface area contributed by atoms with Crippen LogP contribution in [0.1, 0.15) is 70.8 Å². The number of cyclic esters (lactones) is 1. The van der Waals surface area contributed by atoms with E-state index in [-0.39, 0.29) is 30.9 Å². The first kappa shape index (κ1) is 30.0. The molecule has 1 aliphatic carbocycles. The summed E-state index contributed by atoms with van der Waals surface area (Å²) >= 11 is 0. The van der Waals surface area contributed by atoms with Gasteiger partial charge in [0.05, 0.1) is 25.8 Å². The van der Waals surface area contributed by atoms with Gasteiger partial charge in [0.25, 0.3) is 0 Å². The molecule has 2 aliphatic heterocycles. The summed E-state index contributed by atoms with van der Waals surface area (Å²) in [5.41, 5.74) is 2.26. The number of aryl methyl sites for hydroxylation is 1. The number of pyridine rings is 1. The Kier molecular flexibility index (Phi) is 8.30. The highest BCUT2D eigenvalue weighted by molar-refractivity contribution is 5.91. The number of benzene rings is 1. The number of hydrogen-bond acceptors (Lipinski definition) is 7. The lowest BCUT2D eigenvalue weighted by molar-refractivity contribution is -0.149. The third-order valence-electron chi connectivity index (χ3n) is 9.53. The number of alkyl carbamates (subject to hydrolysis) is 1. The standard InChI is InChI=1S/C33H42N4O7/c1-33(2)11-7-10-21-14-23-24(16-26(21)42-3)36-13-12-34-28(36)17-27(23)44-22-15-25(31(39)40)37(18-22)30(38)29(35-32(41)43-19-33)20-8-5-4-6-9-20/h12-14,16-17,20,22,25,29H,4-11,15,18-19H2,1-3H3,(H,35,41)(H,39,40)/t22-,25+,29+/m1/s1. The molecule has 0 spiro atoms. The maximum absolute atomic E-state index is 14.1. The van der Waals surface area contributed by atoms with Crippen molar-refractivity contribution in [3.63, 3.8) is 0 Å². The van der Waals surface area contributed by atoms with E-state index in [0.717, 1.165) is 73.6 Å². The molecule has 2 fully saturated rings. The van der Waals surface area contributed by atoms with Gasteiger partial charge in [0.2, 0.25) is 5.91 Å². The first-order valence-electron chi connectivity index (χ1n) is 15.7. The van der Waals surface area contributed by atoms with E-state index >= 15 is 0 Å². The van der Waals surface area contributed by atoms with Crippen molar-refractivity contribution >= 4 is 34.5 Å². The molecule has 1 aromatic carbocycles. The monoisotopic (exact) mass is 606 g/mol. The minimum atomic E-state index is -1.09. The molecule has 3 aromatic rings. The summed E-state index contributed by atoms with van der Waals surface area (Å²) in [4.78, 5) is 45.6. The van der Waals surface area contributed by atoms with Gasteiger partial charge in [-0.1, -0.05) is 33.1 Å². The number of amides is 2. The number of imidazole rings is 1. The van der Waals surface area contributed by atoms with Crippen LogP contribution in [0, 0.1) is 11.3 Å². The molecule has 2 amide bonds. The SMILES string of the molecule is COc1cc2c3cc1CCCC(C)(C)COC(=O)N[C@@H](C1CCCCC1)C(=O)N1C[C@@H](C[C@H]1C(=O)O)Oc3cc1nccn12. The third-order valence-corrected chi connectivity index (χ3v) is 9.53. The number of fused-ring (bicyclic) bond motifs is 5. The topological polar surface area (TPSA) is 132 Å². The van der Waals surface area contributed by atoms with E-state index < -0.39 is 36.2 Å². The van der Waals surface area contributed by atoms with Crippen LogP contribution in [-0.4, -0.2) is 75.8 Å². The van der Waals surface area contributed by atoms with Crippen molar-refractivity contribution in [3.8, 4) is 11.5 Å². The lowest BCUT2D eigenvalue weighted by atomic mass is 9.83. The summed E-state index contributed by atoms with van der Waals surface area (Å²) in [7, 11) is 1.65. The van der Waals surface area contributed by atoms with Crippen molar-refractivity contribution in [2.75, 3.05) is 20.3 Å². The lowest BCUT2D eigenvalue weighted by Gasteiger charge is -2.34. The number of carboxylic acids is 1. The Hall–Kier alpha value is -4.02. The van der Waals surface area contributed by atoms with E-state index in [1.165, 1.54) is 4.90 Å². The zero-order valence-electron chi connectivity index (χ0n) is 25.7. The molecule has 1 saturated carbocycles. The molecule has 4 heterocycles. The second-order valence-corrected chi connectivity index (χ2v) is 13.3. The molecule has 2 N–H and O–H groups in total. The number of hydrogen-bond donors (Lipinski definition) is 2. The van der Waals surface area contributed by atoms with Crippen molar-refractivity contribution in [3.05, 3.63) is 36.2 Å². The Morgan fingerprint density at radius 1 is 1.14 bits per heavy atom. The zero-order valence-corrected chi connectivity index (χ0v) is 25.7. The van der Waals surface area contributed by atoms with Crippen LogP contribution in [-0.2, 0) is 20.7 Å². The molecule has 0 radical (unpaired) electrons. The van der Waals surface area contributed by atoms with Crippen LogP contribution in [0.15, 0.2) is 30.6 Å². The fourth-order valence-corrected chi connectivity index (χ4v) is 7.14. The van der Waals surface area contributed by atoms with Crippen molar-refractivity contribution in [1.82, 2.24) is 19.6 Å². The van der Waals surface area contributed by atoms with E-state index in [1.54, 1.807) is 13.3 Å². The van der Waals surface area contributed by atoms with Gasteiger partial charge in [0.1, 0.15) is 35.3 Å². The molecular weight excluding hydrogens is 564 g/mol. The molecule has 6 rings (SSSR count). The maximum Gasteiger partial charge on any atom is 0.407 e. The molecule has 11 heteroatoms. The Morgan fingerprint density at radius 3 is 2.68 bits per heavy atom. The van der Waals surface area contributed by atoms with Gasteiger partial charge in [-0.05, 0) is 55.1 Å². The van der Waals surface area contributed by atoms with Crippen LogP contribution >= 0.6 is 0 Å². The summed E-state index contributed by atoms with van der Waals surface area (Å²) in [6.07, 6.45) is 9.48. The number of ether oxygens (including phenoxy) is 3. The summed E-state index contributed by atoms with van der Waals surface area (Å²) in [6, 6.07) is 4.00. The van der Waals surface area contributed by atoms with Crippen molar-refractivity contribution < 1.29 is 33.7 Å². The predicted molar refractivity (Wildman–Crippen MR) is 163 cm³/mol. The third kappa shape index (κ3) is 6.01. The van der Waals surface area contributed by atoms with Crippen LogP contribution in [0.2, 0.25) is 0 Å². The lowest BCUT2D eigenvalue weighted by Crippen LogP contribution is -2.55. The highest BCUT2D eigenvalue weighted by Crippen LogP contribution is 2.37. The molecule has 1 saturated heterocycles. The van der Waals surface area contributed by atoms with E-state index in [9.17, 15) is 19.5 Å². The van der Waals surface area contributed by atoms with Crippen LogP contribution < -0.4 is 14.8 Å². The minimum absolute atomic E-state index is 0.0861. The van der Waals surface area contributed by atoms with E-state index in [2.05, 4.69) is 30.2 Å². The number of carbonyl (C=O) groups excluding carboxylic acids is 2. The summed E-state index contributed by atoms with van der Waals surface area (Å²) in [5, 5.41) is 13.9. The first-order chi connectivity index (χ1) is 21.1. The predicted octanol–water partition coefficient (Wildman–Crippen LogP) is 4.97. The van der Waals surface area contributed by atoms with E-state index in [0.29, 0.717) is 11.4 Å². The normalized spacial score (nSPS) is 25.2. The van der Waals surface area contributed by atoms with Crippen molar-refractivity contribution in [2.24, 2.45) is 11.3 Å². The summed E-state index contributed by atoms with van der Waals surface area (Å²) in [5.74, 6) is -0.240. The Balaban J connectivity index is 1.42. The number of aromatic nitrogens is 2. The molecule has 3 aliphatic rings. The van der Waals surface area contributed by atoms with Gasteiger partial charge in [0, 0.05) is 36.3 Å². The summed E-state index contributed by atoms with van der Waals surface area (Å²) < 4.78 is 20.0.